The van der Waals surface area contributed by atoms with Gasteiger partial charge in [-0.1, -0.05) is 23.7 Å². The summed E-state index contributed by atoms with van der Waals surface area (Å²) in [6.07, 6.45) is 0. The van der Waals surface area contributed by atoms with Gasteiger partial charge in [0.2, 0.25) is 10.0 Å². The first kappa shape index (κ1) is 16.0. The highest BCUT2D eigenvalue weighted by Gasteiger charge is 2.26. The van der Waals surface area contributed by atoms with Crippen molar-refractivity contribution in [2.24, 2.45) is 0 Å². The number of rotatable bonds is 5. The van der Waals surface area contributed by atoms with Crippen LogP contribution in [0.2, 0.25) is 5.02 Å². The van der Waals surface area contributed by atoms with Crippen LogP contribution in [0.1, 0.15) is 29.9 Å². The highest BCUT2D eigenvalue weighted by atomic mass is 35.5. The molecule has 0 bridgehead atoms. The summed E-state index contributed by atoms with van der Waals surface area (Å²) in [4.78, 5) is -0.0149. The molecule has 0 spiro atoms. The molecule has 1 atom stereocenters. The van der Waals surface area contributed by atoms with E-state index in [1.54, 1.807) is 38.1 Å². The molecule has 1 aromatic heterocycles. The van der Waals surface area contributed by atoms with Crippen molar-refractivity contribution in [3.63, 3.8) is 0 Å². The molecule has 6 nitrogen and oxygen atoms in total. The first-order valence-corrected chi connectivity index (χ1v) is 8.13. The Kier molecular flexibility index (Phi) is 4.67. The first-order valence-electron chi connectivity index (χ1n) is 6.27. The molecule has 21 heavy (non-hydrogen) atoms. The predicted octanol–water partition coefficient (Wildman–Crippen LogP) is 1.90. The van der Waals surface area contributed by atoms with Gasteiger partial charge < -0.3 is 5.11 Å². The minimum absolute atomic E-state index is 0.0149. The zero-order valence-corrected chi connectivity index (χ0v) is 13.2. The molecule has 1 aromatic carbocycles. The summed E-state index contributed by atoms with van der Waals surface area (Å²) >= 11 is 5.91. The summed E-state index contributed by atoms with van der Waals surface area (Å²) in [6.45, 7) is 2.86. The first-order chi connectivity index (χ1) is 9.85. The van der Waals surface area contributed by atoms with Gasteiger partial charge in [0.1, 0.15) is 10.6 Å². The molecule has 3 N–H and O–H groups in total. The summed E-state index contributed by atoms with van der Waals surface area (Å²) in [6, 6.07) is 6.49. The van der Waals surface area contributed by atoms with Gasteiger partial charge in [-0.05, 0) is 31.5 Å². The average Bonchev–Trinajstić information content (AvgIpc) is 2.80. The maximum atomic E-state index is 12.4. The Hall–Kier alpha value is -1.41. The molecule has 0 aliphatic carbocycles. The number of hydrogen-bond acceptors (Lipinski definition) is 4. The number of nitrogens with zero attached hydrogens (tertiary/aromatic N) is 1. The smallest absolute Gasteiger partial charge is 0.244 e. The van der Waals surface area contributed by atoms with Crippen molar-refractivity contribution < 1.29 is 13.5 Å². The van der Waals surface area contributed by atoms with Gasteiger partial charge in [-0.2, -0.15) is 5.10 Å². The number of aliphatic hydroxyl groups excluding tert-OH is 1. The van der Waals surface area contributed by atoms with Crippen molar-refractivity contribution >= 4 is 21.6 Å². The van der Waals surface area contributed by atoms with Crippen molar-refractivity contribution in [1.82, 2.24) is 14.9 Å². The van der Waals surface area contributed by atoms with Gasteiger partial charge in [-0.3, -0.25) is 5.10 Å². The number of aryl methyl sites for hydroxylation is 1. The standard InChI is InChI=1S/C13H16ClN3O3S/c1-8(10-4-3-5-11(14)6-10)17-21(19,20)13-9(2)15-16-12(13)7-18/h3-6,8,17-18H,7H2,1-2H3,(H,15,16). The zero-order valence-electron chi connectivity index (χ0n) is 11.6. The maximum Gasteiger partial charge on any atom is 0.244 e. The van der Waals surface area contributed by atoms with Crippen molar-refractivity contribution in [2.75, 3.05) is 0 Å². The van der Waals surface area contributed by atoms with E-state index < -0.39 is 22.7 Å². The van der Waals surface area contributed by atoms with Crippen molar-refractivity contribution in [3.8, 4) is 0 Å². The second-order valence-corrected chi connectivity index (χ2v) is 6.77. The fourth-order valence-electron chi connectivity index (χ4n) is 2.07. The molecule has 8 heteroatoms. The Morgan fingerprint density at radius 3 is 2.81 bits per heavy atom. The molecule has 0 amide bonds. The van der Waals surface area contributed by atoms with Crippen LogP contribution in [0.15, 0.2) is 29.2 Å². The summed E-state index contributed by atoms with van der Waals surface area (Å²) in [7, 11) is -3.80. The van der Waals surface area contributed by atoms with Crippen LogP contribution >= 0.6 is 11.6 Å². The maximum absolute atomic E-state index is 12.4. The summed E-state index contributed by atoms with van der Waals surface area (Å²) < 4.78 is 27.5. The Bertz CT molecular complexity index is 743. The van der Waals surface area contributed by atoms with Crippen LogP contribution in [0, 0.1) is 6.92 Å². The van der Waals surface area contributed by atoms with Crippen molar-refractivity contribution in [3.05, 3.63) is 46.2 Å². The second-order valence-electron chi connectivity index (χ2n) is 4.68. The third kappa shape index (κ3) is 3.44. The second kappa shape index (κ2) is 6.15. The molecule has 114 valence electrons. The average molecular weight is 330 g/mol. The predicted molar refractivity (Wildman–Crippen MR) is 79.4 cm³/mol. The number of aromatic nitrogens is 2. The van der Waals surface area contributed by atoms with Gasteiger partial charge in [0.15, 0.2) is 0 Å². The molecular formula is C13H16ClN3O3S. The van der Waals surface area contributed by atoms with Gasteiger partial charge in [0.05, 0.1) is 12.3 Å². The van der Waals surface area contributed by atoms with E-state index in [9.17, 15) is 13.5 Å². The number of aromatic amines is 1. The number of benzene rings is 1. The van der Waals surface area contributed by atoms with Crippen LogP contribution < -0.4 is 4.72 Å². The molecule has 0 saturated heterocycles. The van der Waals surface area contributed by atoms with Gasteiger partial charge in [-0.15, -0.1) is 0 Å². The van der Waals surface area contributed by atoms with Crippen LogP contribution in [-0.4, -0.2) is 23.7 Å². The van der Waals surface area contributed by atoms with Gasteiger partial charge in [0.25, 0.3) is 0 Å². The zero-order chi connectivity index (χ0) is 15.6. The lowest BCUT2D eigenvalue weighted by Crippen LogP contribution is -2.28. The minimum Gasteiger partial charge on any atom is -0.390 e. The highest BCUT2D eigenvalue weighted by Crippen LogP contribution is 2.22. The molecule has 1 heterocycles. The highest BCUT2D eigenvalue weighted by molar-refractivity contribution is 7.89. The van der Waals surface area contributed by atoms with Crippen LogP contribution in [0.4, 0.5) is 0 Å². The molecule has 2 aromatic rings. The largest absolute Gasteiger partial charge is 0.390 e. The number of nitrogens with one attached hydrogen (secondary N) is 2. The van der Waals surface area contributed by atoms with Crippen molar-refractivity contribution in [2.45, 2.75) is 31.4 Å². The molecule has 0 radical (unpaired) electrons. The number of sulfonamides is 1. The van der Waals surface area contributed by atoms with E-state index in [-0.39, 0.29) is 10.6 Å². The molecule has 2 rings (SSSR count). The van der Waals surface area contributed by atoms with Crippen LogP contribution in [-0.2, 0) is 16.6 Å². The van der Waals surface area contributed by atoms with Gasteiger partial charge in [-0.25, -0.2) is 13.1 Å². The van der Waals surface area contributed by atoms with E-state index in [2.05, 4.69) is 14.9 Å². The Morgan fingerprint density at radius 2 is 2.19 bits per heavy atom. The van der Waals surface area contributed by atoms with E-state index in [1.165, 1.54) is 0 Å². The fraction of sp³-hybridized carbons (Fsp3) is 0.308. The Labute approximate surface area is 128 Å². The molecule has 0 aliphatic heterocycles. The SMILES string of the molecule is Cc1[nH]nc(CO)c1S(=O)(=O)NC(C)c1cccc(Cl)c1. The lowest BCUT2D eigenvalue weighted by atomic mass is 10.1. The summed E-state index contributed by atoms with van der Waals surface area (Å²) in [5.74, 6) is 0. The summed E-state index contributed by atoms with van der Waals surface area (Å²) in [5.41, 5.74) is 1.22. The van der Waals surface area contributed by atoms with Crippen LogP contribution in [0.25, 0.3) is 0 Å². The molecule has 1 unspecified atom stereocenters. The number of H-pyrrole nitrogens is 1. The third-order valence-electron chi connectivity index (χ3n) is 3.06. The van der Waals surface area contributed by atoms with Gasteiger partial charge >= 0.3 is 0 Å². The normalized spacial score (nSPS) is 13.3. The van der Waals surface area contributed by atoms with E-state index >= 15 is 0 Å². The number of halogens is 1. The van der Waals surface area contributed by atoms with Crippen LogP contribution in [0.5, 0.6) is 0 Å². The van der Waals surface area contributed by atoms with E-state index in [0.29, 0.717) is 10.7 Å². The van der Waals surface area contributed by atoms with E-state index in [4.69, 9.17) is 11.6 Å². The number of hydrogen-bond donors (Lipinski definition) is 3. The quantitative estimate of drug-likeness (QED) is 0.780. The van der Waals surface area contributed by atoms with E-state index in [0.717, 1.165) is 5.56 Å². The topological polar surface area (TPSA) is 95.1 Å². The van der Waals surface area contributed by atoms with E-state index in [1.807, 2.05) is 0 Å². The molecule has 0 aliphatic rings. The molecule has 0 saturated carbocycles. The van der Waals surface area contributed by atoms with Crippen LogP contribution in [0.3, 0.4) is 0 Å². The lowest BCUT2D eigenvalue weighted by Gasteiger charge is -2.15. The Balaban J connectivity index is 2.31. The minimum atomic E-state index is -3.80. The molecular weight excluding hydrogens is 314 g/mol. The van der Waals surface area contributed by atoms with Crippen molar-refractivity contribution in [1.29, 1.82) is 0 Å². The monoisotopic (exact) mass is 329 g/mol. The molecule has 0 fully saturated rings. The lowest BCUT2D eigenvalue weighted by molar-refractivity contribution is 0.273. The Morgan fingerprint density at radius 1 is 1.48 bits per heavy atom. The third-order valence-corrected chi connectivity index (χ3v) is 5.04. The number of aliphatic hydroxyl groups is 1. The fourth-order valence-corrected chi connectivity index (χ4v) is 3.86. The summed E-state index contributed by atoms with van der Waals surface area (Å²) in [5, 5.41) is 16.1. The van der Waals surface area contributed by atoms with Gasteiger partial charge in [0, 0.05) is 11.1 Å².